The minimum Gasteiger partial charge on any atom is -0.340 e. The highest BCUT2D eigenvalue weighted by Gasteiger charge is 2.16. The second kappa shape index (κ2) is 5.74. The molecular formula is C16H16N3O3P. The molecule has 3 N–H and O–H groups in total. The number of hydrogen-bond acceptors (Lipinski definition) is 4. The van der Waals surface area contributed by atoms with E-state index in [4.69, 9.17) is 9.79 Å². The molecule has 7 heteroatoms. The first-order valence-electron chi connectivity index (χ1n) is 7.00. The molecule has 3 aromatic rings. The van der Waals surface area contributed by atoms with Gasteiger partial charge in [-0.1, -0.05) is 0 Å². The SMILES string of the molecule is Cc1cc2ncnc(Nc3ccc(P(=O)(O)O)cc3)c2cc1C. The van der Waals surface area contributed by atoms with Crippen LogP contribution in [0.2, 0.25) is 0 Å². The lowest BCUT2D eigenvalue weighted by Gasteiger charge is -2.11. The van der Waals surface area contributed by atoms with Crippen molar-refractivity contribution in [2.24, 2.45) is 0 Å². The van der Waals surface area contributed by atoms with Gasteiger partial charge in [0, 0.05) is 11.1 Å². The lowest BCUT2D eigenvalue weighted by molar-refractivity contribution is 0.387. The fourth-order valence-corrected chi connectivity index (χ4v) is 2.83. The topological polar surface area (TPSA) is 95.3 Å². The molecule has 0 aliphatic rings. The third kappa shape index (κ3) is 3.24. The van der Waals surface area contributed by atoms with Gasteiger partial charge in [0.1, 0.15) is 12.1 Å². The van der Waals surface area contributed by atoms with Crippen LogP contribution in [-0.2, 0) is 4.57 Å². The van der Waals surface area contributed by atoms with Gasteiger partial charge in [-0.25, -0.2) is 9.97 Å². The first-order chi connectivity index (χ1) is 10.8. The van der Waals surface area contributed by atoms with Crippen LogP contribution in [0.3, 0.4) is 0 Å². The van der Waals surface area contributed by atoms with Crippen LogP contribution in [0.15, 0.2) is 42.7 Å². The first kappa shape index (κ1) is 15.6. The number of aryl methyl sites for hydroxylation is 2. The van der Waals surface area contributed by atoms with Gasteiger partial charge in [-0.3, -0.25) is 4.57 Å². The smallest absolute Gasteiger partial charge is 0.340 e. The third-order valence-corrected chi connectivity index (χ3v) is 4.69. The molecule has 0 amide bonds. The van der Waals surface area contributed by atoms with Crippen LogP contribution in [0, 0.1) is 13.8 Å². The maximum absolute atomic E-state index is 11.2. The lowest BCUT2D eigenvalue weighted by Crippen LogP contribution is -2.04. The maximum atomic E-state index is 11.2. The van der Waals surface area contributed by atoms with E-state index in [1.165, 1.54) is 18.5 Å². The molecule has 0 bridgehead atoms. The summed E-state index contributed by atoms with van der Waals surface area (Å²) in [5.41, 5.74) is 3.85. The summed E-state index contributed by atoms with van der Waals surface area (Å²) in [5.74, 6) is 0.655. The van der Waals surface area contributed by atoms with Crippen LogP contribution in [0.5, 0.6) is 0 Å². The highest BCUT2D eigenvalue weighted by Crippen LogP contribution is 2.33. The minimum absolute atomic E-state index is 0.0120. The van der Waals surface area contributed by atoms with Gasteiger partial charge < -0.3 is 15.1 Å². The number of anilines is 2. The van der Waals surface area contributed by atoms with Crippen molar-refractivity contribution in [1.29, 1.82) is 0 Å². The van der Waals surface area contributed by atoms with Crippen molar-refractivity contribution in [3.63, 3.8) is 0 Å². The van der Waals surface area contributed by atoms with E-state index in [2.05, 4.69) is 15.3 Å². The van der Waals surface area contributed by atoms with Gasteiger partial charge in [0.15, 0.2) is 0 Å². The Balaban J connectivity index is 1.98. The molecule has 0 unspecified atom stereocenters. The van der Waals surface area contributed by atoms with Gasteiger partial charge >= 0.3 is 7.60 Å². The van der Waals surface area contributed by atoms with Crippen molar-refractivity contribution in [2.75, 3.05) is 5.32 Å². The number of nitrogens with one attached hydrogen (secondary N) is 1. The van der Waals surface area contributed by atoms with E-state index >= 15 is 0 Å². The molecule has 0 radical (unpaired) electrons. The zero-order valence-corrected chi connectivity index (χ0v) is 13.6. The average Bonchev–Trinajstić information content (AvgIpc) is 2.49. The van der Waals surface area contributed by atoms with E-state index in [-0.39, 0.29) is 5.30 Å². The molecule has 118 valence electrons. The standard InChI is InChI=1S/C16H16N3O3P/c1-10-7-14-15(8-11(10)2)17-9-18-16(14)19-12-3-5-13(6-4-12)23(20,21)22/h3-9H,1-2H3,(H,17,18,19)(H2,20,21,22). The predicted molar refractivity (Wildman–Crippen MR) is 90.4 cm³/mol. The summed E-state index contributed by atoms with van der Waals surface area (Å²) in [7, 11) is -4.23. The number of fused-ring (bicyclic) bond motifs is 1. The Morgan fingerprint density at radius 1 is 1.00 bits per heavy atom. The second-order valence-electron chi connectivity index (χ2n) is 5.39. The molecule has 6 nitrogen and oxygen atoms in total. The molecule has 0 aliphatic carbocycles. The molecule has 0 atom stereocenters. The highest BCUT2D eigenvalue weighted by atomic mass is 31.2. The van der Waals surface area contributed by atoms with Gasteiger partial charge in [-0.15, -0.1) is 0 Å². The molecule has 0 fully saturated rings. The Morgan fingerprint density at radius 2 is 1.65 bits per heavy atom. The molecule has 0 saturated carbocycles. The van der Waals surface area contributed by atoms with E-state index in [0.717, 1.165) is 22.0 Å². The summed E-state index contributed by atoms with van der Waals surface area (Å²) in [4.78, 5) is 26.8. The molecule has 1 heterocycles. The largest absolute Gasteiger partial charge is 0.356 e. The number of benzene rings is 2. The van der Waals surface area contributed by atoms with Crippen LogP contribution < -0.4 is 10.6 Å². The second-order valence-corrected chi connectivity index (χ2v) is 7.00. The van der Waals surface area contributed by atoms with Crippen LogP contribution in [-0.4, -0.2) is 19.8 Å². The fraction of sp³-hybridized carbons (Fsp3) is 0.125. The summed E-state index contributed by atoms with van der Waals surface area (Å²) < 4.78 is 11.2. The monoisotopic (exact) mass is 329 g/mol. The van der Waals surface area contributed by atoms with Gasteiger partial charge in [0.05, 0.1) is 10.8 Å². The summed E-state index contributed by atoms with van der Waals surface area (Å²) in [5, 5.41) is 4.05. The zero-order valence-electron chi connectivity index (χ0n) is 12.7. The average molecular weight is 329 g/mol. The number of rotatable bonds is 3. The normalized spacial score (nSPS) is 11.7. The van der Waals surface area contributed by atoms with Crippen molar-refractivity contribution in [3.05, 3.63) is 53.9 Å². The Labute approximate surface area is 133 Å². The summed E-state index contributed by atoms with van der Waals surface area (Å²) in [6, 6.07) is 10.1. The summed E-state index contributed by atoms with van der Waals surface area (Å²) >= 11 is 0. The fourth-order valence-electron chi connectivity index (χ4n) is 2.29. The van der Waals surface area contributed by atoms with Crippen LogP contribution >= 0.6 is 7.60 Å². The van der Waals surface area contributed by atoms with Crippen molar-refractivity contribution in [3.8, 4) is 0 Å². The molecule has 0 spiro atoms. The molecule has 3 rings (SSSR count). The van der Waals surface area contributed by atoms with Gasteiger partial charge in [0.2, 0.25) is 0 Å². The van der Waals surface area contributed by atoms with Gasteiger partial charge in [0.25, 0.3) is 0 Å². The molecular weight excluding hydrogens is 313 g/mol. The number of nitrogens with zero attached hydrogens (tertiary/aromatic N) is 2. The molecule has 23 heavy (non-hydrogen) atoms. The lowest BCUT2D eigenvalue weighted by atomic mass is 10.1. The Kier molecular flexibility index (Phi) is 3.90. The van der Waals surface area contributed by atoms with Crippen molar-refractivity contribution in [2.45, 2.75) is 13.8 Å². The number of hydrogen-bond donors (Lipinski definition) is 3. The van der Waals surface area contributed by atoms with Gasteiger partial charge in [-0.05, 0) is 61.4 Å². The van der Waals surface area contributed by atoms with Crippen molar-refractivity contribution < 1.29 is 14.4 Å². The van der Waals surface area contributed by atoms with E-state index < -0.39 is 7.60 Å². The van der Waals surface area contributed by atoms with E-state index in [9.17, 15) is 4.57 Å². The highest BCUT2D eigenvalue weighted by molar-refractivity contribution is 7.60. The third-order valence-electron chi connectivity index (χ3n) is 3.72. The van der Waals surface area contributed by atoms with Crippen LogP contribution in [0.1, 0.15) is 11.1 Å². The number of aromatic nitrogens is 2. The Hall–Kier alpha value is -2.27. The Morgan fingerprint density at radius 3 is 2.30 bits per heavy atom. The summed E-state index contributed by atoms with van der Waals surface area (Å²) in [6.07, 6.45) is 1.49. The predicted octanol–water partition coefficient (Wildman–Crippen LogP) is 2.79. The maximum Gasteiger partial charge on any atom is 0.356 e. The van der Waals surface area contributed by atoms with Crippen LogP contribution in [0.4, 0.5) is 11.5 Å². The van der Waals surface area contributed by atoms with Crippen LogP contribution in [0.25, 0.3) is 10.9 Å². The zero-order chi connectivity index (χ0) is 16.6. The molecule has 0 aliphatic heterocycles. The van der Waals surface area contributed by atoms with Gasteiger partial charge in [-0.2, -0.15) is 0 Å². The van der Waals surface area contributed by atoms with E-state index in [1.807, 2.05) is 26.0 Å². The first-order valence-corrected chi connectivity index (χ1v) is 8.61. The quantitative estimate of drug-likeness (QED) is 0.640. The van der Waals surface area contributed by atoms with E-state index in [0.29, 0.717) is 11.5 Å². The summed E-state index contributed by atoms with van der Waals surface area (Å²) in [6.45, 7) is 4.06. The molecule has 1 aromatic heterocycles. The Bertz CT molecular complexity index is 920. The molecule has 2 aromatic carbocycles. The minimum atomic E-state index is -4.23. The van der Waals surface area contributed by atoms with E-state index in [1.54, 1.807) is 12.1 Å². The van der Waals surface area contributed by atoms with Crippen molar-refractivity contribution in [1.82, 2.24) is 9.97 Å². The molecule has 0 saturated heterocycles. The van der Waals surface area contributed by atoms with Crippen molar-refractivity contribution >= 4 is 35.3 Å².